The van der Waals surface area contributed by atoms with E-state index in [0.717, 1.165) is 24.3 Å². The van der Waals surface area contributed by atoms with E-state index in [-0.39, 0.29) is 58.9 Å². The number of carbonyl (C=O) groups is 1. The molecule has 1 aliphatic heterocycles. The Kier molecular flexibility index (Phi) is 5.22. The first-order chi connectivity index (χ1) is 14.3. The van der Waals surface area contributed by atoms with Gasteiger partial charge in [0.1, 0.15) is 11.6 Å². The number of carboxylic acids is 1. The van der Waals surface area contributed by atoms with Crippen molar-refractivity contribution >= 4 is 26.9 Å². The Hall–Kier alpha value is -2.95. The molecule has 0 bridgehead atoms. The number of benzene rings is 2. The second-order valence-electron chi connectivity index (χ2n) is 6.68. The Morgan fingerprint density at radius 1 is 1.07 bits per heavy atom. The highest BCUT2D eigenvalue weighted by Gasteiger charge is 2.27. The largest absolute Gasteiger partial charge is 0.478 e. The van der Waals surface area contributed by atoms with Crippen molar-refractivity contribution in [2.75, 3.05) is 26.3 Å². The molecule has 1 fully saturated rings. The molecule has 30 heavy (non-hydrogen) atoms. The van der Waals surface area contributed by atoms with E-state index < -0.39 is 27.6 Å². The molecule has 10 heteroatoms. The first-order valence-corrected chi connectivity index (χ1v) is 10.4. The van der Waals surface area contributed by atoms with Crippen LogP contribution in [0.2, 0.25) is 0 Å². The number of fused-ring (bicyclic) bond motifs is 1. The summed E-state index contributed by atoms with van der Waals surface area (Å²) in [6.07, 6.45) is 0. The lowest BCUT2D eigenvalue weighted by atomic mass is 10.0. The average molecular weight is 434 g/mol. The van der Waals surface area contributed by atoms with Gasteiger partial charge in [0, 0.05) is 24.0 Å². The standard InChI is InChI=1S/C20H16F2N2O5S/c21-12-1-3-17(22)16(9-12)19-11-15(20(25)26)14-10-13(2-4-18(14)23-19)30(27,28)24-5-7-29-8-6-24/h1-4,9-11H,5-8H2,(H,25,26). The quantitative estimate of drug-likeness (QED) is 0.678. The van der Waals surface area contributed by atoms with Gasteiger partial charge in [0.15, 0.2) is 0 Å². The molecular weight excluding hydrogens is 418 g/mol. The lowest BCUT2D eigenvalue weighted by Gasteiger charge is -2.26. The molecule has 2 aromatic carbocycles. The zero-order valence-corrected chi connectivity index (χ0v) is 16.3. The van der Waals surface area contributed by atoms with Crippen LogP contribution in [0.4, 0.5) is 8.78 Å². The molecular formula is C20H16F2N2O5S. The maximum absolute atomic E-state index is 14.2. The summed E-state index contributed by atoms with van der Waals surface area (Å²) in [5.41, 5.74) is -0.378. The number of morpholine rings is 1. The van der Waals surface area contributed by atoms with Crippen molar-refractivity contribution in [3.63, 3.8) is 0 Å². The summed E-state index contributed by atoms with van der Waals surface area (Å²) in [4.78, 5) is 16.0. The summed E-state index contributed by atoms with van der Waals surface area (Å²) < 4.78 is 60.0. The third-order valence-electron chi connectivity index (χ3n) is 4.82. The number of carboxylic acid groups (broad SMARTS) is 1. The van der Waals surface area contributed by atoms with Crippen molar-refractivity contribution in [3.05, 3.63) is 59.7 Å². The Balaban J connectivity index is 1.88. The summed E-state index contributed by atoms with van der Waals surface area (Å²) in [6.45, 7) is 0.943. The molecule has 4 rings (SSSR count). The fraction of sp³-hybridized carbons (Fsp3) is 0.200. The molecule has 1 aliphatic rings. The molecule has 0 spiro atoms. The van der Waals surface area contributed by atoms with Gasteiger partial charge in [-0.25, -0.2) is 27.0 Å². The fourth-order valence-corrected chi connectivity index (χ4v) is 4.74. The second-order valence-corrected chi connectivity index (χ2v) is 8.62. The zero-order valence-electron chi connectivity index (χ0n) is 15.5. The number of ether oxygens (including phenoxy) is 1. The third kappa shape index (κ3) is 3.64. The number of aromatic nitrogens is 1. The highest BCUT2D eigenvalue weighted by molar-refractivity contribution is 7.89. The van der Waals surface area contributed by atoms with Crippen LogP contribution in [0.3, 0.4) is 0 Å². The summed E-state index contributed by atoms with van der Waals surface area (Å²) >= 11 is 0. The molecule has 3 aromatic rings. The Morgan fingerprint density at radius 3 is 2.50 bits per heavy atom. The SMILES string of the molecule is O=C(O)c1cc(-c2cc(F)ccc2F)nc2ccc(S(=O)(=O)N3CCOCC3)cc12. The number of nitrogens with zero attached hydrogens (tertiary/aromatic N) is 2. The van der Waals surface area contributed by atoms with Crippen LogP contribution in [0.25, 0.3) is 22.2 Å². The predicted molar refractivity (Wildman–Crippen MR) is 104 cm³/mol. The van der Waals surface area contributed by atoms with Crippen molar-refractivity contribution in [2.24, 2.45) is 0 Å². The zero-order chi connectivity index (χ0) is 21.5. The number of rotatable bonds is 4. The van der Waals surface area contributed by atoms with Gasteiger partial charge in [-0.1, -0.05) is 0 Å². The molecule has 1 aromatic heterocycles. The molecule has 7 nitrogen and oxygen atoms in total. The minimum absolute atomic E-state index is 0.0688. The van der Waals surface area contributed by atoms with Gasteiger partial charge < -0.3 is 9.84 Å². The van der Waals surface area contributed by atoms with Crippen molar-refractivity contribution < 1.29 is 31.8 Å². The first kappa shape index (κ1) is 20.3. The smallest absolute Gasteiger partial charge is 0.336 e. The average Bonchev–Trinajstić information content (AvgIpc) is 2.74. The maximum Gasteiger partial charge on any atom is 0.336 e. The maximum atomic E-state index is 14.2. The lowest BCUT2D eigenvalue weighted by Crippen LogP contribution is -2.40. The van der Waals surface area contributed by atoms with Crippen LogP contribution in [0, 0.1) is 11.6 Å². The minimum Gasteiger partial charge on any atom is -0.478 e. The van der Waals surface area contributed by atoms with Gasteiger partial charge in [-0.05, 0) is 42.5 Å². The summed E-state index contributed by atoms with van der Waals surface area (Å²) in [5.74, 6) is -2.80. The number of aromatic carboxylic acids is 1. The van der Waals surface area contributed by atoms with Gasteiger partial charge in [-0.2, -0.15) is 4.31 Å². The van der Waals surface area contributed by atoms with Crippen LogP contribution < -0.4 is 0 Å². The van der Waals surface area contributed by atoms with Gasteiger partial charge in [-0.3, -0.25) is 0 Å². The molecule has 0 radical (unpaired) electrons. The van der Waals surface area contributed by atoms with Gasteiger partial charge in [0.2, 0.25) is 10.0 Å². The summed E-state index contributed by atoms with van der Waals surface area (Å²) in [5, 5.41) is 9.73. The van der Waals surface area contributed by atoms with Gasteiger partial charge >= 0.3 is 5.97 Å². The molecule has 1 N–H and O–H groups in total. The number of hydrogen-bond acceptors (Lipinski definition) is 5. The Bertz CT molecular complexity index is 1260. The minimum atomic E-state index is -3.85. The van der Waals surface area contributed by atoms with E-state index >= 15 is 0 Å². The molecule has 0 unspecified atom stereocenters. The van der Waals surface area contributed by atoms with Crippen LogP contribution in [0.15, 0.2) is 47.4 Å². The Morgan fingerprint density at radius 2 is 1.80 bits per heavy atom. The number of hydrogen-bond donors (Lipinski definition) is 1. The predicted octanol–water partition coefficient (Wildman–Crippen LogP) is 2.90. The van der Waals surface area contributed by atoms with Crippen LogP contribution in [-0.4, -0.2) is 55.1 Å². The van der Waals surface area contributed by atoms with Crippen LogP contribution in [0.1, 0.15) is 10.4 Å². The third-order valence-corrected chi connectivity index (χ3v) is 6.72. The molecule has 2 heterocycles. The van der Waals surface area contributed by atoms with Crippen molar-refractivity contribution in [2.45, 2.75) is 4.90 Å². The molecule has 0 saturated carbocycles. The second kappa shape index (κ2) is 7.71. The normalized spacial score (nSPS) is 15.4. The molecule has 156 valence electrons. The van der Waals surface area contributed by atoms with E-state index in [2.05, 4.69) is 4.98 Å². The van der Waals surface area contributed by atoms with Gasteiger partial charge in [0.05, 0.1) is 34.9 Å². The first-order valence-electron chi connectivity index (χ1n) is 8.99. The molecule has 0 atom stereocenters. The monoisotopic (exact) mass is 434 g/mol. The van der Waals surface area contributed by atoms with Crippen LogP contribution in [0.5, 0.6) is 0 Å². The van der Waals surface area contributed by atoms with E-state index in [1.54, 1.807) is 0 Å². The van der Waals surface area contributed by atoms with Crippen LogP contribution in [-0.2, 0) is 14.8 Å². The van der Waals surface area contributed by atoms with Crippen molar-refractivity contribution in [1.82, 2.24) is 9.29 Å². The fourth-order valence-electron chi connectivity index (χ4n) is 3.31. The topological polar surface area (TPSA) is 96.8 Å². The highest BCUT2D eigenvalue weighted by Crippen LogP contribution is 2.29. The molecule has 0 amide bonds. The van der Waals surface area contributed by atoms with Crippen molar-refractivity contribution in [1.29, 1.82) is 0 Å². The van der Waals surface area contributed by atoms with E-state index in [1.165, 1.54) is 22.5 Å². The number of halogens is 2. The van der Waals surface area contributed by atoms with Gasteiger partial charge in [0.25, 0.3) is 0 Å². The van der Waals surface area contributed by atoms with Gasteiger partial charge in [-0.15, -0.1) is 0 Å². The number of sulfonamides is 1. The van der Waals surface area contributed by atoms with E-state index in [1.807, 2.05) is 0 Å². The van der Waals surface area contributed by atoms with Crippen molar-refractivity contribution in [3.8, 4) is 11.3 Å². The summed E-state index contributed by atoms with van der Waals surface area (Å²) in [7, 11) is -3.85. The van der Waals surface area contributed by atoms with E-state index in [9.17, 15) is 27.1 Å². The highest BCUT2D eigenvalue weighted by atomic mass is 32.2. The van der Waals surface area contributed by atoms with Crippen LogP contribution >= 0.6 is 0 Å². The van der Waals surface area contributed by atoms with E-state index in [0.29, 0.717) is 0 Å². The number of pyridine rings is 1. The molecule has 0 aliphatic carbocycles. The summed E-state index contributed by atoms with van der Waals surface area (Å²) in [6, 6.07) is 7.81. The van der Waals surface area contributed by atoms with E-state index in [4.69, 9.17) is 4.74 Å². The lowest BCUT2D eigenvalue weighted by molar-refractivity contribution is 0.0699. The Labute approximate surface area is 170 Å². The molecule has 1 saturated heterocycles.